The minimum absolute atomic E-state index is 0.104. The van der Waals surface area contributed by atoms with Crippen molar-refractivity contribution < 1.29 is 9.90 Å². The van der Waals surface area contributed by atoms with Crippen molar-refractivity contribution in [3.05, 3.63) is 29.3 Å². The zero-order valence-electron chi connectivity index (χ0n) is 10.2. The largest absolute Gasteiger partial charge is 0.396 e. The highest BCUT2D eigenvalue weighted by molar-refractivity contribution is 5.93. The lowest BCUT2D eigenvalue weighted by Gasteiger charge is -2.19. The van der Waals surface area contributed by atoms with Gasteiger partial charge in [-0.3, -0.25) is 4.79 Å². The molecule has 0 aromatic heterocycles. The molecule has 0 spiro atoms. The molecular weight excluding hydrogens is 214 g/mol. The number of hydrogen-bond acceptors (Lipinski definition) is 2. The molecule has 1 aromatic rings. The molecule has 0 aliphatic carbocycles. The second-order valence-electron chi connectivity index (χ2n) is 4.70. The summed E-state index contributed by atoms with van der Waals surface area (Å²) >= 11 is 0. The van der Waals surface area contributed by atoms with E-state index in [2.05, 4.69) is 18.3 Å². The Hall–Kier alpha value is -1.35. The van der Waals surface area contributed by atoms with Crippen molar-refractivity contribution in [1.82, 2.24) is 0 Å². The Morgan fingerprint density at radius 1 is 1.41 bits per heavy atom. The monoisotopic (exact) mass is 233 g/mol. The van der Waals surface area contributed by atoms with Crippen LogP contribution < -0.4 is 5.32 Å². The summed E-state index contributed by atoms with van der Waals surface area (Å²) in [4.78, 5) is 11.2. The van der Waals surface area contributed by atoms with Crippen LogP contribution in [0.1, 0.15) is 30.9 Å². The molecule has 0 saturated heterocycles. The van der Waals surface area contributed by atoms with Gasteiger partial charge >= 0.3 is 0 Å². The lowest BCUT2D eigenvalue weighted by atomic mass is 9.94. The topological polar surface area (TPSA) is 49.3 Å². The van der Waals surface area contributed by atoms with Crippen molar-refractivity contribution in [1.29, 1.82) is 0 Å². The number of fused-ring (bicyclic) bond motifs is 1. The van der Waals surface area contributed by atoms with Gasteiger partial charge in [0.25, 0.3) is 0 Å². The van der Waals surface area contributed by atoms with Gasteiger partial charge in [0.05, 0.1) is 0 Å². The third-order valence-electron chi connectivity index (χ3n) is 3.43. The summed E-state index contributed by atoms with van der Waals surface area (Å²) in [5.74, 6) is 0.443. The lowest BCUT2D eigenvalue weighted by Crippen LogP contribution is -2.19. The van der Waals surface area contributed by atoms with Gasteiger partial charge in [0, 0.05) is 18.7 Å². The zero-order valence-corrected chi connectivity index (χ0v) is 10.2. The van der Waals surface area contributed by atoms with Crippen molar-refractivity contribution in [3.8, 4) is 0 Å². The normalized spacial score (nSPS) is 16.2. The molecule has 0 radical (unpaired) electrons. The molecule has 1 amide bonds. The molecule has 1 aliphatic heterocycles. The first kappa shape index (κ1) is 12.1. The van der Waals surface area contributed by atoms with Gasteiger partial charge in [-0.1, -0.05) is 25.5 Å². The SMILES string of the molecule is CCC(CO)Cc1ccc2c(c1)CCC(=O)N2. The van der Waals surface area contributed by atoms with Gasteiger partial charge in [-0.05, 0) is 36.0 Å². The van der Waals surface area contributed by atoms with Crippen LogP contribution in [0.15, 0.2) is 18.2 Å². The predicted octanol–water partition coefficient (Wildman–Crippen LogP) is 2.13. The van der Waals surface area contributed by atoms with Gasteiger partial charge in [-0.2, -0.15) is 0 Å². The number of rotatable bonds is 4. The molecule has 3 nitrogen and oxygen atoms in total. The van der Waals surface area contributed by atoms with E-state index >= 15 is 0 Å². The first-order chi connectivity index (χ1) is 8.22. The number of hydrogen-bond donors (Lipinski definition) is 2. The van der Waals surface area contributed by atoms with E-state index in [4.69, 9.17) is 0 Å². The van der Waals surface area contributed by atoms with Crippen LogP contribution >= 0.6 is 0 Å². The van der Waals surface area contributed by atoms with Crippen LogP contribution in [0.25, 0.3) is 0 Å². The molecule has 3 heteroatoms. The van der Waals surface area contributed by atoms with Crippen LogP contribution in [0.3, 0.4) is 0 Å². The van der Waals surface area contributed by atoms with Crippen molar-refractivity contribution in [3.63, 3.8) is 0 Å². The van der Waals surface area contributed by atoms with E-state index in [1.165, 1.54) is 11.1 Å². The fraction of sp³-hybridized carbons (Fsp3) is 0.500. The highest BCUT2D eigenvalue weighted by Crippen LogP contribution is 2.25. The van der Waals surface area contributed by atoms with Gasteiger partial charge in [-0.15, -0.1) is 0 Å². The van der Waals surface area contributed by atoms with E-state index in [-0.39, 0.29) is 12.5 Å². The van der Waals surface area contributed by atoms with Crippen LogP contribution in [0, 0.1) is 5.92 Å². The van der Waals surface area contributed by atoms with Gasteiger partial charge in [0.2, 0.25) is 5.91 Å². The molecule has 2 rings (SSSR count). The molecule has 1 atom stereocenters. The number of benzene rings is 1. The van der Waals surface area contributed by atoms with Gasteiger partial charge < -0.3 is 10.4 Å². The average molecular weight is 233 g/mol. The van der Waals surface area contributed by atoms with Crippen molar-refractivity contribution in [2.24, 2.45) is 5.92 Å². The standard InChI is InChI=1S/C14H19NO2/c1-2-10(9-16)7-11-3-5-13-12(8-11)4-6-14(17)15-13/h3,5,8,10,16H,2,4,6-7,9H2,1H3,(H,15,17). The molecule has 2 N–H and O–H groups in total. The van der Waals surface area contributed by atoms with Gasteiger partial charge in [0.1, 0.15) is 0 Å². The van der Waals surface area contributed by atoms with Crippen LogP contribution in [-0.4, -0.2) is 17.6 Å². The average Bonchev–Trinajstić information content (AvgIpc) is 2.36. The molecule has 0 saturated carbocycles. The summed E-state index contributed by atoms with van der Waals surface area (Å²) in [6, 6.07) is 6.18. The molecule has 0 fully saturated rings. The Labute approximate surface area is 102 Å². The molecule has 1 unspecified atom stereocenters. The maximum atomic E-state index is 11.2. The third kappa shape index (κ3) is 2.86. The summed E-state index contributed by atoms with van der Waals surface area (Å²) in [6.45, 7) is 2.34. The van der Waals surface area contributed by atoms with Crippen LogP contribution in [-0.2, 0) is 17.6 Å². The van der Waals surface area contributed by atoms with E-state index < -0.39 is 0 Å². The summed E-state index contributed by atoms with van der Waals surface area (Å²) < 4.78 is 0. The third-order valence-corrected chi connectivity index (χ3v) is 3.43. The molecule has 0 bridgehead atoms. The quantitative estimate of drug-likeness (QED) is 0.837. The van der Waals surface area contributed by atoms with E-state index in [9.17, 15) is 9.90 Å². The first-order valence-electron chi connectivity index (χ1n) is 6.25. The summed E-state index contributed by atoms with van der Waals surface area (Å²) in [6.07, 6.45) is 3.30. The Morgan fingerprint density at radius 3 is 2.94 bits per heavy atom. The number of carbonyl (C=O) groups excluding carboxylic acids is 1. The molecular formula is C14H19NO2. The number of anilines is 1. The maximum absolute atomic E-state index is 11.2. The summed E-state index contributed by atoms with van der Waals surface area (Å²) in [5, 5.41) is 12.1. The molecule has 1 heterocycles. The van der Waals surface area contributed by atoms with Gasteiger partial charge in [-0.25, -0.2) is 0 Å². The Bertz CT molecular complexity index is 411. The van der Waals surface area contributed by atoms with Crippen LogP contribution in [0.5, 0.6) is 0 Å². The molecule has 1 aromatic carbocycles. The Balaban J connectivity index is 2.13. The van der Waals surface area contributed by atoms with Crippen molar-refractivity contribution in [2.75, 3.05) is 11.9 Å². The van der Waals surface area contributed by atoms with E-state index in [0.29, 0.717) is 12.3 Å². The van der Waals surface area contributed by atoms with Crippen molar-refractivity contribution in [2.45, 2.75) is 32.6 Å². The molecule has 92 valence electrons. The number of nitrogens with one attached hydrogen (secondary N) is 1. The molecule has 1 aliphatic rings. The minimum atomic E-state index is 0.104. The fourth-order valence-corrected chi connectivity index (χ4v) is 2.24. The van der Waals surface area contributed by atoms with E-state index in [1.807, 2.05) is 12.1 Å². The van der Waals surface area contributed by atoms with E-state index in [0.717, 1.165) is 24.9 Å². The second kappa shape index (κ2) is 5.32. The lowest BCUT2D eigenvalue weighted by molar-refractivity contribution is -0.116. The Kier molecular flexibility index (Phi) is 3.79. The molecule has 17 heavy (non-hydrogen) atoms. The van der Waals surface area contributed by atoms with Crippen LogP contribution in [0.2, 0.25) is 0 Å². The fourth-order valence-electron chi connectivity index (χ4n) is 2.24. The van der Waals surface area contributed by atoms with Gasteiger partial charge in [0.15, 0.2) is 0 Å². The predicted molar refractivity (Wildman–Crippen MR) is 68.0 cm³/mol. The summed E-state index contributed by atoms with van der Waals surface area (Å²) in [7, 11) is 0. The Morgan fingerprint density at radius 2 is 2.24 bits per heavy atom. The highest BCUT2D eigenvalue weighted by Gasteiger charge is 2.15. The second-order valence-corrected chi connectivity index (χ2v) is 4.70. The maximum Gasteiger partial charge on any atom is 0.224 e. The first-order valence-corrected chi connectivity index (χ1v) is 6.25. The minimum Gasteiger partial charge on any atom is -0.396 e. The number of amides is 1. The number of aliphatic hydroxyl groups excluding tert-OH is 1. The summed E-state index contributed by atoms with van der Waals surface area (Å²) in [5.41, 5.74) is 3.41. The number of carbonyl (C=O) groups is 1. The smallest absolute Gasteiger partial charge is 0.224 e. The van der Waals surface area contributed by atoms with E-state index in [1.54, 1.807) is 0 Å². The van der Waals surface area contributed by atoms with Crippen LogP contribution in [0.4, 0.5) is 5.69 Å². The number of aryl methyl sites for hydroxylation is 1. The zero-order chi connectivity index (χ0) is 12.3. The van der Waals surface area contributed by atoms with Crippen molar-refractivity contribution >= 4 is 11.6 Å². The number of aliphatic hydroxyl groups is 1. The highest BCUT2D eigenvalue weighted by atomic mass is 16.3.